The number of fused-ring (bicyclic) bond motifs is 6. The number of hydrogen-bond donors (Lipinski definition) is 4. The molecule has 2 aliphatic rings. The molecule has 3 aromatic heterocycles. The van der Waals surface area contributed by atoms with Crippen LogP contribution in [0, 0.1) is 5.92 Å². The predicted molar refractivity (Wildman–Crippen MR) is 141 cm³/mol. The number of benzene rings is 1. The number of aryl methyl sites for hydroxylation is 2. The molecule has 0 saturated carbocycles. The molecule has 4 N–H and O–H groups in total. The van der Waals surface area contributed by atoms with Gasteiger partial charge in [-0.1, -0.05) is 11.6 Å². The van der Waals surface area contributed by atoms with E-state index in [0.29, 0.717) is 42.7 Å². The van der Waals surface area contributed by atoms with Crippen molar-refractivity contribution in [1.29, 1.82) is 0 Å². The van der Waals surface area contributed by atoms with Crippen LogP contribution in [0.5, 0.6) is 0 Å². The third-order valence-electron chi connectivity index (χ3n) is 6.44. The van der Waals surface area contributed by atoms with Gasteiger partial charge < -0.3 is 20.9 Å². The van der Waals surface area contributed by atoms with Crippen molar-refractivity contribution >= 4 is 52.2 Å². The molecule has 192 valence electrons. The average Bonchev–Trinajstić information content (AvgIpc) is 3.43. The lowest BCUT2D eigenvalue weighted by atomic mass is 9.95. The number of rotatable bonds is 4. The Morgan fingerprint density at radius 1 is 1.05 bits per heavy atom. The van der Waals surface area contributed by atoms with Gasteiger partial charge in [0.05, 0.1) is 18.1 Å². The van der Waals surface area contributed by atoms with Crippen LogP contribution in [0.4, 0.5) is 28.8 Å². The quantitative estimate of drug-likeness (QED) is 0.311. The zero-order chi connectivity index (χ0) is 26.1. The second kappa shape index (κ2) is 10.1. The third-order valence-corrected chi connectivity index (χ3v) is 6.72. The van der Waals surface area contributed by atoms with Crippen LogP contribution in [-0.4, -0.2) is 59.9 Å². The Bertz CT molecular complexity index is 1500. The Morgan fingerprint density at radius 2 is 1.95 bits per heavy atom. The molecule has 13 heteroatoms. The smallest absolute Gasteiger partial charge is 0.293 e. The van der Waals surface area contributed by atoms with Gasteiger partial charge in [-0.3, -0.25) is 19.7 Å². The summed E-state index contributed by atoms with van der Waals surface area (Å²) in [7, 11) is 0. The second-order valence-corrected chi connectivity index (χ2v) is 9.65. The van der Waals surface area contributed by atoms with Gasteiger partial charge in [0.15, 0.2) is 5.82 Å². The van der Waals surface area contributed by atoms with E-state index >= 15 is 0 Å². The number of amides is 2. The van der Waals surface area contributed by atoms with Crippen LogP contribution >= 0.6 is 11.6 Å². The molecule has 2 amide bonds. The van der Waals surface area contributed by atoms with Gasteiger partial charge in [0, 0.05) is 43.0 Å². The maximum atomic E-state index is 12.9. The van der Waals surface area contributed by atoms with Crippen molar-refractivity contribution in [2.75, 3.05) is 29.0 Å². The van der Waals surface area contributed by atoms with Crippen molar-refractivity contribution in [3.8, 4) is 0 Å². The Labute approximate surface area is 222 Å². The van der Waals surface area contributed by atoms with E-state index in [1.165, 1.54) is 12.5 Å². The van der Waals surface area contributed by atoms with Crippen LogP contribution in [0.15, 0.2) is 49.2 Å². The minimum absolute atomic E-state index is 0.0827. The number of H-pyrrole nitrogens is 1. The first kappa shape index (κ1) is 23.8. The summed E-state index contributed by atoms with van der Waals surface area (Å²) >= 11 is 6.34. The Morgan fingerprint density at radius 3 is 2.79 bits per heavy atom. The van der Waals surface area contributed by atoms with Gasteiger partial charge in [0.2, 0.25) is 17.7 Å². The molecular weight excluding hydrogens is 508 g/mol. The fourth-order valence-electron chi connectivity index (χ4n) is 4.53. The number of carbonyl (C=O) groups is 2. The zero-order valence-corrected chi connectivity index (χ0v) is 20.9. The van der Waals surface area contributed by atoms with Gasteiger partial charge >= 0.3 is 0 Å². The number of aromatic amines is 1. The topological polar surface area (TPSA) is 154 Å². The average molecular weight is 531 g/mol. The van der Waals surface area contributed by atoms with Crippen LogP contribution in [0.3, 0.4) is 0 Å². The van der Waals surface area contributed by atoms with Crippen LogP contribution in [0.1, 0.15) is 28.2 Å². The summed E-state index contributed by atoms with van der Waals surface area (Å²) in [6.45, 7) is 0.991. The lowest BCUT2D eigenvalue weighted by molar-refractivity contribution is -0.118. The first-order valence-electron chi connectivity index (χ1n) is 12.1. The van der Waals surface area contributed by atoms with Crippen LogP contribution in [0.2, 0.25) is 5.02 Å². The zero-order valence-electron chi connectivity index (χ0n) is 20.1. The molecule has 1 saturated heterocycles. The van der Waals surface area contributed by atoms with Gasteiger partial charge in [-0.2, -0.15) is 4.98 Å². The minimum Gasteiger partial charge on any atom is -0.339 e. The maximum Gasteiger partial charge on any atom is 0.293 e. The van der Waals surface area contributed by atoms with E-state index in [0.717, 1.165) is 34.6 Å². The molecular formula is C25H23ClN10O2. The molecule has 38 heavy (non-hydrogen) atoms. The van der Waals surface area contributed by atoms with Crippen LogP contribution < -0.4 is 16.0 Å². The molecule has 1 fully saturated rings. The number of anilines is 5. The molecule has 6 bridgehead atoms. The monoisotopic (exact) mass is 530 g/mol. The highest BCUT2D eigenvalue weighted by atomic mass is 35.5. The highest BCUT2D eigenvalue weighted by Crippen LogP contribution is 2.30. The van der Waals surface area contributed by atoms with Crippen molar-refractivity contribution in [2.45, 2.75) is 19.3 Å². The van der Waals surface area contributed by atoms with Crippen molar-refractivity contribution in [2.24, 2.45) is 5.92 Å². The molecule has 0 aliphatic carbocycles. The first-order chi connectivity index (χ1) is 18.5. The van der Waals surface area contributed by atoms with E-state index in [-0.39, 0.29) is 23.6 Å². The molecule has 1 aromatic carbocycles. The third kappa shape index (κ3) is 5.11. The molecule has 12 nitrogen and oxygen atoms in total. The fourth-order valence-corrected chi connectivity index (χ4v) is 4.67. The Kier molecular flexibility index (Phi) is 6.30. The van der Waals surface area contributed by atoms with E-state index in [1.807, 2.05) is 30.5 Å². The van der Waals surface area contributed by atoms with Gasteiger partial charge in [0.25, 0.3) is 5.91 Å². The highest BCUT2D eigenvalue weighted by molar-refractivity contribution is 6.32. The molecule has 0 atom stereocenters. The van der Waals surface area contributed by atoms with Crippen molar-refractivity contribution in [1.82, 2.24) is 35.0 Å². The Hall–Kier alpha value is -4.58. The summed E-state index contributed by atoms with van der Waals surface area (Å²) in [5, 5.41) is 16.2. The largest absolute Gasteiger partial charge is 0.339 e. The normalized spacial score (nSPS) is 14.6. The summed E-state index contributed by atoms with van der Waals surface area (Å²) < 4.78 is 0. The van der Waals surface area contributed by atoms with Gasteiger partial charge in [0.1, 0.15) is 11.3 Å². The fraction of sp³-hybridized carbons (Fsp3) is 0.240. The number of aromatic nitrogens is 6. The summed E-state index contributed by atoms with van der Waals surface area (Å²) in [5.41, 5.74) is 4.28. The van der Waals surface area contributed by atoms with Crippen LogP contribution in [-0.2, 0) is 17.6 Å². The Balaban J connectivity index is 1.18. The second-order valence-electron chi connectivity index (χ2n) is 9.25. The van der Waals surface area contributed by atoms with E-state index in [9.17, 15) is 9.59 Å². The summed E-state index contributed by atoms with van der Waals surface area (Å²) in [4.78, 5) is 43.8. The lowest BCUT2D eigenvalue weighted by Gasteiger charge is -2.38. The lowest BCUT2D eigenvalue weighted by Crippen LogP contribution is -2.51. The molecule has 2 aliphatic heterocycles. The number of carbonyl (C=O) groups excluding carboxylic acids is 2. The number of nitrogens with zero attached hydrogens (tertiary/aromatic N) is 6. The van der Waals surface area contributed by atoms with Gasteiger partial charge in [-0.15, -0.1) is 5.10 Å². The molecule has 5 heterocycles. The number of pyridine rings is 1. The number of nitrogens with one attached hydrogen (secondary N) is 4. The van der Waals surface area contributed by atoms with Gasteiger partial charge in [-0.25, -0.2) is 9.97 Å². The maximum absolute atomic E-state index is 12.9. The van der Waals surface area contributed by atoms with Crippen molar-refractivity contribution in [3.63, 3.8) is 0 Å². The number of halogens is 1. The first-order valence-corrected chi connectivity index (χ1v) is 12.5. The van der Waals surface area contributed by atoms with E-state index in [4.69, 9.17) is 11.6 Å². The van der Waals surface area contributed by atoms with E-state index in [2.05, 4.69) is 46.1 Å². The predicted octanol–water partition coefficient (Wildman–Crippen LogP) is 3.33. The summed E-state index contributed by atoms with van der Waals surface area (Å²) in [5.74, 6) is 0.746. The summed E-state index contributed by atoms with van der Waals surface area (Å²) in [6, 6.07) is 7.72. The van der Waals surface area contributed by atoms with E-state index in [1.54, 1.807) is 11.1 Å². The minimum atomic E-state index is -0.234. The molecule has 0 radical (unpaired) electrons. The molecule has 0 unspecified atom stereocenters. The van der Waals surface area contributed by atoms with Gasteiger partial charge in [-0.05, 0) is 48.2 Å². The number of hydrogen-bond acceptors (Lipinski definition) is 9. The molecule has 6 rings (SSSR count). The highest BCUT2D eigenvalue weighted by Gasteiger charge is 2.34. The number of likely N-dealkylation sites (tertiary alicyclic amines) is 1. The standard InChI is InChI=1S/C25H23ClN10O2/c26-19-10-28-25-32-18-5-14(8-27-9-18)1-2-16-7-17(31-22(19)34-25)3-4-20(16)33-21(37)6-15-11-36(12-15)24(38)23-29-13-30-35-23/h3-5,7-10,13,15H,1-2,6,11-12H2,(H,33,37)(H,29,30,35)(H2,28,31,32,34). The van der Waals surface area contributed by atoms with Crippen molar-refractivity contribution in [3.05, 3.63) is 71.2 Å². The van der Waals surface area contributed by atoms with Crippen LogP contribution in [0.25, 0.3) is 0 Å². The SMILES string of the molecule is O=C(CC1CN(C(=O)c2nc[nH]n2)C1)Nc1ccc2cc1CCc1cncc(c1)Nc1ncc(Cl)c(n1)N2. The van der Waals surface area contributed by atoms with E-state index < -0.39 is 0 Å². The molecule has 0 spiro atoms. The van der Waals surface area contributed by atoms with Crippen molar-refractivity contribution < 1.29 is 9.59 Å². The summed E-state index contributed by atoms with van der Waals surface area (Å²) in [6.07, 6.45) is 8.14. The molecule has 4 aromatic rings.